The van der Waals surface area contributed by atoms with E-state index in [1.807, 2.05) is 12.1 Å². The Kier molecular flexibility index (Phi) is 4.92. The lowest BCUT2D eigenvalue weighted by Crippen LogP contribution is -2.36. The van der Waals surface area contributed by atoms with Crippen LogP contribution in [0.1, 0.15) is 29.0 Å². The number of fused-ring (bicyclic) bond motifs is 3. The molecule has 142 valence electrons. The van der Waals surface area contributed by atoms with Crippen LogP contribution in [0, 0.1) is 0 Å². The van der Waals surface area contributed by atoms with Crippen molar-refractivity contribution in [3.8, 4) is 0 Å². The number of nitrogens with one attached hydrogen (secondary N) is 2. The lowest BCUT2D eigenvalue weighted by Gasteiger charge is -2.16. The largest absolute Gasteiger partial charge is 0.380 e. The SMILES string of the molecule is [B]N1CCC2Nc3c(N=C(c4ccccc4)c4ccccc4)cccc3C2CN1. The molecule has 2 aliphatic rings. The third kappa shape index (κ3) is 3.59. The summed E-state index contributed by atoms with van der Waals surface area (Å²) in [6, 6.07) is 27.6. The zero-order valence-corrected chi connectivity index (χ0v) is 16.3. The number of hydrogen-bond acceptors (Lipinski definition) is 4. The van der Waals surface area contributed by atoms with E-state index in [9.17, 15) is 0 Å². The lowest BCUT2D eigenvalue weighted by molar-refractivity contribution is 0.356. The molecule has 0 saturated carbocycles. The molecule has 5 rings (SSSR count). The van der Waals surface area contributed by atoms with Crippen LogP contribution in [0.15, 0.2) is 83.9 Å². The van der Waals surface area contributed by atoms with Gasteiger partial charge in [0, 0.05) is 36.2 Å². The molecular weight excluding hydrogens is 355 g/mol. The van der Waals surface area contributed by atoms with Crippen LogP contribution in [0.25, 0.3) is 0 Å². The Morgan fingerprint density at radius 2 is 1.59 bits per heavy atom. The van der Waals surface area contributed by atoms with E-state index in [-0.39, 0.29) is 0 Å². The monoisotopic (exact) mass is 378 g/mol. The molecule has 0 bridgehead atoms. The van der Waals surface area contributed by atoms with Gasteiger partial charge in [0.25, 0.3) is 0 Å². The van der Waals surface area contributed by atoms with E-state index in [0.717, 1.165) is 47.7 Å². The molecule has 29 heavy (non-hydrogen) atoms. The van der Waals surface area contributed by atoms with Crippen molar-refractivity contribution in [3.63, 3.8) is 0 Å². The van der Waals surface area contributed by atoms with E-state index in [1.165, 1.54) is 5.56 Å². The maximum Gasteiger partial charge on any atom is 0.206 e. The van der Waals surface area contributed by atoms with Crippen molar-refractivity contribution < 1.29 is 0 Å². The molecule has 2 N–H and O–H groups in total. The molecule has 2 radical (unpaired) electrons. The molecule has 2 heterocycles. The average Bonchev–Trinajstić information content (AvgIpc) is 3.03. The second-order valence-electron chi connectivity index (χ2n) is 7.64. The maximum atomic E-state index is 5.96. The Morgan fingerprint density at radius 1 is 0.897 bits per heavy atom. The Hall–Kier alpha value is -2.89. The fraction of sp³-hybridized carbons (Fsp3) is 0.208. The molecule has 2 unspecified atom stereocenters. The predicted molar refractivity (Wildman–Crippen MR) is 120 cm³/mol. The number of aliphatic imine (C=N–C) groups is 1. The first-order valence-corrected chi connectivity index (χ1v) is 10.1. The number of anilines is 1. The first kappa shape index (κ1) is 18.2. The topological polar surface area (TPSA) is 39.7 Å². The summed E-state index contributed by atoms with van der Waals surface area (Å²) < 4.78 is 0. The molecule has 0 spiro atoms. The number of benzene rings is 3. The highest BCUT2D eigenvalue weighted by molar-refractivity contribution is 6.14. The van der Waals surface area contributed by atoms with E-state index in [0.29, 0.717) is 12.0 Å². The van der Waals surface area contributed by atoms with Crippen LogP contribution < -0.4 is 10.7 Å². The molecule has 0 aromatic heterocycles. The van der Waals surface area contributed by atoms with Gasteiger partial charge in [0.1, 0.15) is 0 Å². The quantitative estimate of drug-likeness (QED) is 0.534. The summed E-state index contributed by atoms with van der Waals surface area (Å²) in [5.41, 5.74) is 9.98. The molecule has 2 aliphatic heterocycles. The minimum atomic E-state index is 0.374. The van der Waals surface area contributed by atoms with E-state index >= 15 is 0 Å². The standard InChI is InChI=1S/C24H23BN4/c25-29-15-14-21-20(16-26-29)19-12-7-13-22(24(19)27-21)28-23(17-8-3-1-4-9-17)18-10-5-2-6-11-18/h1-13,20-21,26-27H,14-16H2. The van der Waals surface area contributed by atoms with Crippen molar-refractivity contribution >= 4 is 25.1 Å². The molecule has 0 aliphatic carbocycles. The smallest absolute Gasteiger partial charge is 0.206 e. The summed E-state index contributed by atoms with van der Waals surface area (Å²) in [6.45, 7) is 1.65. The summed E-state index contributed by atoms with van der Waals surface area (Å²) in [6.07, 6.45) is 0.996. The first-order chi connectivity index (χ1) is 14.3. The second kappa shape index (κ2) is 7.86. The zero-order valence-electron chi connectivity index (χ0n) is 16.3. The van der Waals surface area contributed by atoms with E-state index in [4.69, 9.17) is 13.0 Å². The highest BCUT2D eigenvalue weighted by Crippen LogP contribution is 2.43. The Balaban J connectivity index is 1.59. The van der Waals surface area contributed by atoms with Crippen LogP contribution in [0.3, 0.4) is 0 Å². The summed E-state index contributed by atoms with van der Waals surface area (Å²) in [4.78, 5) is 6.86. The highest BCUT2D eigenvalue weighted by Gasteiger charge is 2.35. The van der Waals surface area contributed by atoms with Gasteiger partial charge in [-0.05, 0) is 18.1 Å². The van der Waals surface area contributed by atoms with Crippen molar-refractivity contribution in [3.05, 3.63) is 95.6 Å². The summed E-state index contributed by atoms with van der Waals surface area (Å²) in [7, 11) is 5.96. The third-order valence-electron chi connectivity index (χ3n) is 5.81. The lowest BCUT2D eigenvalue weighted by atomic mass is 9.93. The average molecular weight is 378 g/mol. The number of hydrazine groups is 1. The van der Waals surface area contributed by atoms with Gasteiger partial charge in [0.05, 0.1) is 17.1 Å². The molecule has 3 aromatic rings. The van der Waals surface area contributed by atoms with Gasteiger partial charge >= 0.3 is 0 Å². The van der Waals surface area contributed by atoms with Gasteiger partial charge < -0.3 is 5.32 Å². The van der Waals surface area contributed by atoms with Gasteiger partial charge in [0.15, 0.2) is 0 Å². The van der Waals surface area contributed by atoms with Gasteiger partial charge in [-0.25, -0.2) is 4.99 Å². The van der Waals surface area contributed by atoms with Crippen LogP contribution >= 0.6 is 0 Å². The third-order valence-corrected chi connectivity index (χ3v) is 5.81. The van der Waals surface area contributed by atoms with Gasteiger partial charge in [-0.1, -0.05) is 72.8 Å². The Morgan fingerprint density at radius 3 is 2.28 bits per heavy atom. The molecular formula is C24H23BN4. The number of para-hydroxylation sites is 1. The first-order valence-electron chi connectivity index (χ1n) is 10.1. The van der Waals surface area contributed by atoms with Gasteiger partial charge in [-0.15, -0.1) is 0 Å². The molecule has 0 amide bonds. The summed E-state index contributed by atoms with van der Waals surface area (Å²) in [5.74, 6) is 0.394. The maximum absolute atomic E-state index is 5.96. The summed E-state index contributed by atoms with van der Waals surface area (Å²) >= 11 is 0. The van der Waals surface area contributed by atoms with Crippen LogP contribution in [0.4, 0.5) is 11.4 Å². The molecule has 4 nitrogen and oxygen atoms in total. The molecule has 2 atom stereocenters. The van der Waals surface area contributed by atoms with Crippen LogP contribution in [-0.2, 0) is 0 Å². The molecule has 1 saturated heterocycles. The summed E-state index contributed by atoms with van der Waals surface area (Å²) in [5, 5.41) is 3.74. The Bertz CT molecular complexity index is 978. The van der Waals surface area contributed by atoms with E-state index in [2.05, 4.69) is 77.5 Å². The van der Waals surface area contributed by atoms with Gasteiger partial charge in [-0.2, -0.15) is 0 Å². The minimum Gasteiger partial charge on any atom is -0.380 e. The zero-order chi connectivity index (χ0) is 19.6. The van der Waals surface area contributed by atoms with Crippen molar-refractivity contribution in [1.29, 1.82) is 0 Å². The number of nitrogens with zero attached hydrogens (tertiary/aromatic N) is 2. The van der Waals surface area contributed by atoms with Crippen LogP contribution in [0.5, 0.6) is 0 Å². The number of hydrogen-bond donors (Lipinski definition) is 2. The fourth-order valence-electron chi connectivity index (χ4n) is 4.33. The fourth-order valence-corrected chi connectivity index (χ4v) is 4.33. The van der Waals surface area contributed by atoms with Crippen molar-refractivity contribution in [2.75, 3.05) is 18.4 Å². The molecule has 5 heteroatoms. The second-order valence-corrected chi connectivity index (χ2v) is 7.64. The van der Waals surface area contributed by atoms with E-state index in [1.54, 1.807) is 4.92 Å². The van der Waals surface area contributed by atoms with Gasteiger partial charge in [-0.3, -0.25) is 10.3 Å². The van der Waals surface area contributed by atoms with Crippen molar-refractivity contribution in [2.24, 2.45) is 4.99 Å². The van der Waals surface area contributed by atoms with Gasteiger partial charge in [0.2, 0.25) is 7.98 Å². The molecule has 1 fully saturated rings. The normalized spacial score (nSPS) is 20.8. The highest BCUT2D eigenvalue weighted by atomic mass is 15.5. The number of rotatable bonds is 3. The van der Waals surface area contributed by atoms with Crippen molar-refractivity contribution in [2.45, 2.75) is 18.4 Å². The van der Waals surface area contributed by atoms with Crippen molar-refractivity contribution in [1.82, 2.24) is 10.3 Å². The predicted octanol–water partition coefficient (Wildman–Crippen LogP) is 4.03. The minimum absolute atomic E-state index is 0.374. The van der Waals surface area contributed by atoms with E-state index < -0.39 is 0 Å². The Labute approximate surface area is 173 Å². The molecule has 3 aromatic carbocycles. The van der Waals surface area contributed by atoms with Crippen LogP contribution in [-0.4, -0.2) is 37.7 Å². The van der Waals surface area contributed by atoms with Crippen LogP contribution in [0.2, 0.25) is 0 Å².